The zero-order chi connectivity index (χ0) is 23.0. The smallest absolute Gasteiger partial charge is 0.351 e. The molecule has 5 atom stereocenters. The second kappa shape index (κ2) is 8.91. The van der Waals surface area contributed by atoms with Gasteiger partial charge >= 0.3 is 25.2 Å². The van der Waals surface area contributed by atoms with E-state index in [1.165, 1.54) is 6.07 Å². The first-order valence-corrected chi connectivity index (χ1v) is 11.4. The number of nitrogens with zero attached hydrogens (tertiary/aromatic N) is 2. The van der Waals surface area contributed by atoms with Crippen LogP contribution >= 0.6 is 7.60 Å². The minimum absolute atomic E-state index is 0.000222. The van der Waals surface area contributed by atoms with Crippen LogP contribution in [0.4, 0.5) is 14.6 Å². The number of alkyl halides is 2. The molecule has 0 bridgehead atoms. The topological polar surface area (TPSA) is 144 Å². The molecule has 1 aromatic heterocycles. The average molecular weight is 466 g/mol. The number of hydrogen-bond acceptors (Lipinski definition) is 10. The number of aromatic nitrogens is 2. The van der Waals surface area contributed by atoms with Crippen LogP contribution in [-0.4, -0.2) is 65.1 Å². The predicted molar refractivity (Wildman–Crippen MR) is 104 cm³/mol. The number of ether oxygens (including phenoxy) is 2. The van der Waals surface area contributed by atoms with Crippen LogP contribution in [0.25, 0.3) is 0 Å². The molecule has 0 amide bonds. The van der Waals surface area contributed by atoms with E-state index in [0.29, 0.717) is 4.57 Å². The van der Waals surface area contributed by atoms with Crippen LogP contribution in [0.2, 0.25) is 0 Å². The van der Waals surface area contributed by atoms with Gasteiger partial charge < -0.3 is 25.0 Å². The summed E-state index contributed by atoms with van der Waals surface area (Å²) < 4.78 is 64.2. The first kappa shape index (κ1) is 23.7. The van der Waals surface area contributed by atoms with E-state index >= 15 is 8.78 Å². The van der Waals surface area contributed by atoms with Crippen molar-refractivity contribution in [2.75, 3.05) is 25.0 Å². The summed E-state index contributed by atoms with van der Waals surface area (Å²) in [4.78, 5) is 27.2. The van der Waals surface area contributed by atoms with Gasteiger partial charge in [0.25, 0.3) is 0 Å². The monoisotopic (exact) mass is 466 g/mol. The lowest BCUT2D eigenvalue weighted by Crippen LogP contribution is -2.45. The van der Waals surface area contributed by atoms with Crippen molar-refractivity contribution < 1.29 is 36.7 Å². The molecule has 11 nitrogen and oxygen atoms in total. The summed E-state index contributed by atoms with van der Waals surface area (Å²) in [7, 11) is -3.91. The molecule has 2 aliphatic rings. The molecule has 2 saturated heterocycles. The van der Waals surface area contributed by atoms with Crippen molar-refractivity contribution in [2.24, 2.45) is 0 Å². The zero-order valence-electron chi connectivity index (χ0n) is 17.2. The van der Waals surface area contributed by atoms with Gasteiger partial charge in [-0.05, 0) is 26.8 Å². The average Bonchev–Trinajstić information content (AvgIpc) is 2.91. The van der Waals surface area contributed by atoms with E-state index in [4.69, 9.17) is 24.3 Å². The number of carbonyl (C=O) groups is 1. The van der Waals surface area contributed by atoms with Crippen LogP contribution in [0.3, 0.4) is 0 Å². The maximum Gasteiger partial charge on any atom is 0.351 e. The first-order valence-electron chi connectivity index (χ1n) is 9.67. The quantitative estimate of drug-likeness (QED) is 0.439. The molecule has 0 spiro atoms. The van der Waals surface area contributed by atoms with Gasteiger partial charge in [0, 0.05) is 12.7 Å². The van der Waals surface area contributed by atoms with Gasteiger partial charge in [-0.2, -0.15) is 13.8 Å². The standard InChI is InChI=1S/C17H25F2N4O7P/c1-9(2)28-14(24)10(3)21-5-7-31(26)27-8-11-13(30-31)17(18,19)15(29-11)23-6-4-12(20)22-16(23)25/h4,6,9-11,13,15,21H,5,7-8H2,1-3H3,(H2,20,22,25)/t10-,11-,13-,15-,31?/m1/s1. The van der Waals surface area contributed by atoms with E-state index in [0.717, 1.165) is 6.20 Å². The van der Waals surface area contributed by atoms with Crippen LogP contribution in [0, 0.1) is 0 Å². The van der Waals surface area contributed by atoms with Crippen LogP contribution < -0.4 is 16.7 Å². The third kappa shape index (κ3) is 5.12. The Morgan fingerprint density at radius 1 is 1.48 bits per heavy atom. The van der Waals surface area contributed by atoms with Crippen molar-refractivity contribution in [1.29, 1.82) is 0 Å². The Bertz CT molecular complexity index is 928. The van der Waals surface area contributed by atoms with E-state index in [2.05, 4.69) is 10.3 Å². The molecule has 3 rings (SSSR count). The molecule has 1 unspecified atom stereocenters. The summed E-state index contributed by atoms with van der Waals surface area (Å²) in [5.74, 6) is -4.31. The molecular formula is C17H25F2N4O7P. The Hall–Kier alpha value is -1.92. The van der Waals surface area contributed by atoms with Gasteiger partial charge in [-0.25, -0.2) is 4.79 Å². The number of fused-ring (bicyclic) bond motifs is 1. The van der Waals surface area contributed by atoms with Gasteiger partial charge in [0.1, 0.15) is 18.0 Å². The summed E-state index contributed by atoms with van der Waals surface area (Å²) in [5, 5.41) is 2.80. The third-order valence-electron chi connectivity index (χ3n) is 4.71. The summed E-state index contributed by atoms with van der Waals surface area (Å²) in [6.07, 6.45) is -4.63. The molecule has 0 saturated carbocycles. The van der Waals surface area contributed by atoms with E-state index in [1.54, 1.807) is 20.8 Å². The number of carbonyl (C=O) groups excluding carboxylic acids is 1. The molecule has 0 aromatic carbocycles. The van der Waals surface area contributed by atoms with Crippen molar-refractivity contribution in [2.45, 2.75) is 57.3 Å². The maximum absolute atomic E-state index is 15.0. The highest BCUT2D eigenvalue weighted by atomic mass is 31.2. The minimum Gasteiger partial charge on any atom is -0.462 e. The highest BCUT2D eigenvalue weighted by Crippen LogP contribution is 2.58. The highest BCUT2D eigenvalue weighted by Gasteiger charge is 2.64. The number of hydrogen-bond donors (Lipinski definition) is 2. The van der Waals surface area contributed by atoms with Gasteiger partial charge in [-0.3, -0.25) is 18.5 Å². The van der Waals surface area contributed by atoms with Crippen LogP contribution in [0.5, 0.6) is 0 Å². The molecule has 2 fully saturated rings. The fraction of sp³-hybridized carbons (Fsp3) is 0.706. The first-order chi connectivity index (χ1) is 14.4. The Labute approximate surface area is 176 Å². The number of nitrogen functional groups attached to an aromatic ring is 1. The molecule has 0 radical (unpaired) electrons. The number of nitrogens with two attached hydrogens (primary N) is 1. The maximum atomic E-state index is 15.0. The van der Waals surface area contributed by atoms with Gasteiger partial charge in [0.2, 0.25) is 6.23 Å². The van der Waals surface area contributed by atoms with Crippen molar-refractivity contribution in [3.63, 3.8) is 0 Å². The largest absolute Gasteiger partial charge is 0.462 e. The molecule has 1 aromatic rings. The van der Waals surface area contributed by atoms with Gasteiger partial charge in [-0.15, -0.1) is 0 Å². The summed E-state index contributed by atoms with van der Waals surface area (Å²) in [5.41, 5.74) is 4.37. The summed E-state index contributed by atoms with van der Waals surface area (Å²) >= 11 is 0. The van der Waals surface area contributed by atoms with Gasteiger partial charge in [0.05, 0.1) is 18.9 Å². The molecule has 0 aliphatic carbocycles. The zero-order valence-corrected chi connectivity index (χ0v) is 18.1. The fourth-order valence-corrected chi connectivity index (χ4v) is 4.87. The predicted octanol–water partition coefficient (Wildman–Crippen LogP) is 0.896. The lowest BCUT2D eigenvalue weighted by Gasteiger charge is -2.32. The van der Waals surface area contributed by atoms with Crippen molar-refractivity contribution >= 4 is 19.4 Å². The molecule has 3 N–H and O–H groups in total. The number of anilines is 1. The Morgan fingerprint density at radius 3 is 2.84 bits per heavy atom. The molecule has 14 heteroatoms. The number of nitrogens with one attached hydrogen (secondary N) is 1. The molecule has 2 aliphatic heterocycles. The molecule has 3 heterocycles. The second-order valence-corrected chi connectivity index (χ2v) is 9.70. The lowest BCUT2D eigenvalue weighted by atomic mass is 10.1. The Balaban J connectivity index is 1.64. The van der Waals surface area contributed by atoms with Crippen molar-refractivity contribution in [3.8, 4) is 0 Å². The number of esters is 1. The van der Waals surface area contributed by atoms with E-state index < -0.39 is 56.3 Å². The normalized spacial score (nSPS) is 30.7. The Kier molecular flexibility index (Phi) is 6.82. The molecule has 31 heavy (non-hydrogen) atoms. The van der Waals surface area contributed by atoms with Crippen LogP contribution in [-0.2, 0) is 27.9 Å². The van der Waals surface area contributed by atoms with E-state index in [9.17, 15) is 14.2 Å². The minimum atomic E-state index is -3.91. The SMILES string of the molecule is CC(C)OC(=O)[C@@H](C)NCCP1(=O)OC[C@H]2O[C@@H](n3ccc(N)nc3=O)C(F)(F)[C@@H]2O1. The van der Waals surface area contributed by atoms with Gasteiger partial charge in [0.15, 0.2) is 6.10 Å². The summed E-state index contributed by atoms with van der Waals surface area (Å²) in [6.45, 7) is 4.56. The number of rotatable bonds is 7. The van der Waals surface area contributed by atoms with Crippen LogP contribution in [0.15, 0.2) is 17.1 Å². The number of halogens is 2. The highest BCUT2D eigenvalue weighted by molar-refractivity contribution is 7.53. The van der Waals surface area contributed by atoms with Crippen molar-refractivity contribution in [3.05, 3.63) is 22.7 Å². The summed E-state index contributed by atoms with van der Waals surface area (Å²) in [6, 6.07) is 0.486. The Morgan fingerprint density at radius 2 is 2.19 bits per heavy atom. The lowest BCUT2D eigenvalue weighted by molar-refractivity contribution is -0.149. The van der Waals surface area contributed by atoms with E-state index in [-0.39, 0.29) is 24.6 Å². The second-order valence-electron chi connectivity index (χ2n) is 7.56. The van der Waals surface area contributed by atoms with Crippen LogP contribution in [0.1, 0.15) is 27.0 Å². The molecular weight excluding hydrogens is 441 g/mol. The fourth-order valence-electron chi connectivity index (χ4n) is 3.18. The van der Waals surface area contributed by atoms with E-state index in [1.807, 2.05) is 0 Å². The van der Waals surface area contributed by atoms with Crippen molar-refractivity contribution in [1.82, 2.24) is 14.9 Å². The third-order valence-corrected chi connectivity index (χ3v) is 6.57. The van der Waals surface area contributed by atoms with Gasteiger partial charge in [-0.1, -0.05) is 0 Å². The molecule has 174 valence electrons.